The van der Waals surface area contributed by atoms with Gasteiger partial charge in [0.2, 0.25) is 5.89 Å². The number of hydrogen-bond acceptors (Lipinski definition) is 6. The maximum atomic E-state index is 5.22. The molecule has 6 heteroatoms. The Morgan fingerprint density at radius 2 is 2.18 bits per heavy atom. The molecule has 0 bridgehead atoms. The Morgan fingerprint density at radius 3 is 2.82 bits per heavy atom. The van der Waals surface area contributed by atoms with Crippen LogP contribution in [-0.4, -0.2) is 15.1 Å². The van der Waals surface area contributed by atoms with E-state index in [4.69, 9.17) is 8.94 Å². The van der Waals surface area contributed by atoms with Crippen molar-refractivity contribution in [3.8, 4) is 0 Å². The van der Waals surface area contributed by atoms with Crippen molar-refractivity contribution in [3.05, 3.63) is 23.7 Å². The zero-order valence-corrected chi connectivity index (χ0v) is 11.0. The van der Waals surface area contributed by atoms with Crippen LogP contribution in [0.3, 0.4) is 0 Å². The van der Waals surface area contributed by atoms with E-state index in [9.17, 15) is 0 Å². The lowest BCUT2D eigenvalue weighted by molar-refractivity contribution is 0.381. The molecule has 0 amide bonds. The van der Waals surface area contributed by atoms with Gasteiger partial charge in [-0.1, -0.05) is 30.8 Å². The third kappa shape index (κ3) is 3.59. The minimum Gasteiger partial charge on any atom is -0.440 e. The Morgan fingerprint density at radius 1 is 1.35 bits per heavy atom. The summed E-state index contributed by atoms with van der Waals surface area (Å²) in [5.41, 5.74) is 0.874. The lowest BCUT2D eigenvalue weighted by Crippen LogP contribution is -1.96. The molecule has 2 aromatic heterocycles. The molecule has 0 saturated heterocycles. The normalized spacial score (nSPS) is 11.3. The number of aryl methyl sites for hydroxylation is 1. The highest BCUT2D eigenvalue weighted by molar-refractivity contribution is 7.98. The van der Waals surface area contributed by atoms with E-state index in [0.29, 0.717) is 22.8 Å². The Labute approximate surface area is 104 Å². The number of aromatic nitrogens is 3. The van der Waals surface area contributed by atoms with Crippen LogP contribution in [0.4, 0.5) is 0 Å². The molecule has 0 unspecified atom stereocenters. The van der Waals surface area contributed by atoms with Crippen molar-refractivity contribution in [2.75, 3.05) is 0 Å². The molecule has 0 aliphatic carbocycles. The highest BCUT2D eigenvalue weighted by atomic mass is 32.2. The summed E-state index contributed by atoms with van der Waals surface area (Å²) in [4.78, 5) is 8.49. The fourth-order valence-electron chi connectivity index (χ4n) is 1.32. The van der Waals surface area contributed by atoms with E-state index in [0.717, 1.165) is 17.9 Å². The molecule has 0 aliphatic heterocycles. The second-order valence-electron chi connectivity index (χ2n) is 4.25. The number of nitrogens with zero attached hydrogens (tertiary/aromatic N) is 3. The van der Waals surface area contributed by atoms with Crippen LogP contribution in [0.5, 0.6) is 0 Å². The van der Waals surface area contributed by atoms with E-state index in [1.165, 1.54) is 11.8 Å². The van der Waals surface area contributed by atoms with Crippen molar-refractivity contribution < 1.29 is 8.94 Å². The first-order valence-corrected chi connectivity index (χ1v) is 6.48. The van der Waals surface area contributed by atoms with Crippen LogP contribution in [0, 0.1) is 12.8 Å². The van der Waals surface area contributed by atoms with Crippen LogP contribution in [0.1, 0.15) is 31.3 Å². The van der Waals surface area contributed by atoms with Crippen molar-refractivity contribution in [1.82, 2.24) is 15.1 Å². The van der Waals surface area contributed by atoms with E-state index < -0.39 is 0 Å². The summed E-state index contributed by atoms with van der Waals surface area (Å²) in [6.07, 6.45) is 2.46. The van der Waals surface area contributed by atoms with E-state index in [1.54, 1.807) is 6.26 Å². The lowest BCUT2D eigenvalue weighted by Gasteiger charge is -1.95. The first-order valence-electron chi connectivity index (χ1n) is 5.50. The second kappa shape index (κ2) is 5.35. The third-order valence-corrected chi connectivity index (χ3v) is 2.84. The molecule has 0 saturated carbocycles. The molecule has 5 nitrogen and oxygen atoms in total. The number of thioether (sulfide) groups is 1. The predicted molar refractivity (Wildman–Crippen MR) is 63.6 cm³/mol. The molecule has 2 rings (SSSR count). The van der Waals surface area contributed by atoms with Crippen molar-refractivity contribution in [2.24, 2.45) is 5.92 Å². The fourth-order valence-corrected chi connectivity index (χ4v) is 2.01. The molecule has 0 aromatic carbocycles. The number of hydrogen-bond donors (Lipinski definition) is 0. The molecule has 92 valence electrons. The first-order chi connectivity index (χ1) is 8.13. The largest absolute Gasteiger partial charge is 0.440 e. The minimum absolute atomic E-state index is 0.530. The number of oxazole rings is 1. The Balaban J connectivity index is 1.89. The van der Waals surface area contributed by atoms with Gasteiger partial charge in [-0.3, -0.25) is 0 Å². The van der Waals surface area contributed by atoms with E-state index in [2.05, 4.69) is 29.0 Å². The van der Waals surface area contributed by atoms with Crippen LogP contribution in [0.15, 0.2) is 20.4 Å². The molecule has 0 fully saturated rings. The zero-order chi connectivity index (χ0) is 12.3. The molecular weight excluding hydrogens is 238 g/mol. The molecule has 0 spiro atoms. The standard InChI is InChI=1S/C11H15N3O2S/c1-7(2)4-9-13-10(16-14-9)6-17-11-12-8(3)5-15-11/h5,7H,4,6H2,1-3H3. The third-order valence-electron chi connectivity index (χ3n) is 2.02. The molecule has 0 N–H and O–H groups in total. The average Bonchev–Trinajstić information content (AvgIpc) is 2.84. The molecular formula is C11H15N3O2S. The van der Waals surface area contributed by atoms with Crippen molar-refractivity contribution >= 4 is 11.8 Å². The molecule has 2 aromatic rings. The van der Waals surface area contributed by atoms with Gasteiger partial charge in [-0.2, -0.15) is 4.98 Å². The SMILES string of the molecule is Cc1coc(SCc2nc(CC(C)C)no2)n1. The van der Waals surface area contributed by atoms with Gasteiger partial charge in [0.15, 0.2) is 5.82 Å². The monoisotopic (exact) mass is 253 g/mol. The maximum absolute atomic E-state index is 5.22. The average molecular weight is 253 g/mol. The van der Waals surface area contributed by atoms with Crippen molar-refractivity contribution in [2.45, 2.75) is 38.2 Å². The van der Waals surface area contributed by atoms with E-state index in [1.807, 2.05) is 6.92 Å². The molecule has 0 radical (unpaired) electrons. The van der Waals surface area contributed by atoms with Gasteiger partial charge in [-0.05, 0) is 12.8 Å². The minimum atomic E-state index is 0.530. The summed E-state index contributed by atoms with van der Waals surface area (Å²) in [7, 11) is 0. The Kier molecular flexibility index (Phi) is 3.83. The Hall–Kier alpha value is -1.30. The maximum Gasteiger partial charge on any atom is 0.256 e. The van der Waals surface area contributed by atoms with Gasteiger partial charge in [-0.15, -0.1) is 0 Å². The van der Waals surface area contributed by atoms with E-state index in [-0.39, 0.29) is 0 Å². The van der Waals surface area contributed by atoms with Crippen molar-refractivity contribution in [1.29, 1.82) is 0 Å². The summed E-state index contributed by atoms with van der Waals surface area (Å²) in [5.74, 6) is 2.49. The highest BCUT2D eigenvalue weighted by Gasteiger charge is 2.10. The summed E-state index contributed by atoms with van der Waals surface area (Å²) >= 11 is 1.45. The van der Waals surface area contributed by atoms with E-state index >= 15 is 0 Å². The summed E-state index contributed by atoms with van der Waals surface area (Å²) in [6.45, 7) is 6.14. The zero-order valence-electron chi connectivity index (χ0n) is 10.1. The topological polar surface area (TPSA) is 65.0 Å². The van der Waals surface area contributed by atoms with Gasteiger partial charge in [-0.25, -0.2) is 4.98 Å². The summed E-state index contributed by atoms with van der Waals surface area (Å²) < 4.78 is 10.4. The van der Waals surface area contributed by atoms with Gasteiger partial charge >= 0.3 is 0 Å². The van der Waals surface area contributed by atoms with Gasteiger partial charge in [0.25, 0.3) is 5.22 Å². The highest BCUT2D eigenvalue weighted by Crippen LogP contribution is 2.21. The first kappa shape index (κ1) is 12.2. The van der Waals surface area contributed by atoms with Crippen LogP contribution in [-0.2, 0) is 12.2 Å². The van der Waals surface area contributed by atoms with Crippen molar-refractivity contribution in [3.63, 3.8) is 0 Å². The lowest BCUT2D eigenvalue weighted by atomic mass is 10.1. The van der Waals surface area contributed by atoms with Gasteiger partial charge in [0.1, 0.15) is 6.26 Å². The molecule has 0 aliphatic rings. The van der Waals surface area contributed by atoms with Crippen LogP contribution in [0.25, 0.3) is 0 Å². The number of rotatable bonds is 5. The second-order valence-corrected chi connectivity index (χ2v) is 5.17. The van der Waals surface area contributed by atoms with Crippen LogP contribution in [0.2, 0.25) is 0 Å². The Bertz CT molecular complexity index is 479. The smallest absolute Gasteiger partial charge is 0.256 e. The molecule has 2 heterocycles. The fraction of sp³-hybridized carbons (Fsp3) is 0.545. The quantitative estimate of drug-likeness (QED) is 0.763. The van der Waals surface area contributed by atoms with Gasteiger partial charge < -0.3 is 8.94 Å². The van der Waals surface area contributed by atoms with Gasteiger partial charge in [0.05, 0.1) is 11.4 Å². The predicted octanol–water partition coefficient (Wildman–Crippen LogP) is 2.86. The van der Waals surface area contributed by atoms with Crippen LogP contribution < -0.4 is 0 Å². The summed E-state index contributed by atoms with van der Waals surface area (Å²) in [5, 5.41) is 4.55. The van der Waals surface area contributed by atoms with Crippen LogP contribution >= 0.6 is 11.8 Å². The molecule has 0 atom stereocenters. The summed E-state index contributed by atoms with van der Waals surface area (Å²) in [6, 6.07) is 0. The molecule has 17 heavy (non-hydrogen) atoms. The van der Waals surface area contributed by atoms with Gasteiger partial charge in [0, 0.05) is 6.42 Å².